The van der Waals surface area contributed by atoms with Crippen molar-refractivity contribution in [3.63, 3.8) is 0 Å². The van der Waals surface area contributed by atoms with E-state index in [1.165, 1.54) is 12.1 Å². The molecule has 8 heteroatoms. The number of nitrogens with one attached hydrogen (secondary N) is 2. The van der Waals surface area contributed by atoms with Crippen LogP contribution in [0.3, 0.4) is 0 Å². The molecule has 1 aromatic carbocycles. The lowest BCUT2D eigenvalue weighted by molar-refractivity contribution is -0.122. The number of carbonyl (C=O) groups is 2. The van der Waals surface area contributed by atoms with Crippen molar-refractivity contribution in [2.24, 2.45) is 5.92 Å². The van der Waals surface area contributed by atoms with Crippen LogP contribution in [0.15, 0.2) is 29.2 Å². The fraction of sp³-hybridized carbons (Fsp3) is 0.600. The van der Waals surface area contributed by atoms with Gasteiger partial charge in [0.05, 0.1) is 4.90 Å². The number of carbonyl (C=O) groups excluding carboxylic acids is 2. The molecule has 154 valence electrons. The van der Waals surface area contributed by atoms with E-state index in [2.05, 4.69) is 10.0 Å². The molecule has 0 radical (unpaired) electrons. The lowest BCUT2D eigenvalue weighted by Crippen LogP contribution is -2.49. The summed E-state index contributed by atoms with van der Waals surface area (Å²) in [4.78, 5) is 26.6. The van der Waals surface area contributed by atoms with E-state index in [4.69, 9.17) is 0 Å². The normalized spacial score (nSPS) is 20.0. The summed E-state index contributed by atoms with van der Waals surface area (Å²) >= 11 is 0. The van der Waals surface area contributed by atoms with Crippen LogP contribution in [0.25, 0.3) is 0 Å². The Morgan fingerprint density at radius 1 is 1.21 bits per heavy atom. The number of likely N-dealkylation sites (tertiary alicyclic amines) is 1. The standard InChI is InChI=1S/C20H29N3O4S/c1-2-5-19(24)22-17-7-4-11-23(14-17)20(25)16-6-3-8-18(12-16)28(26,27)21-13-15-9-10-15/h3,6,8,12,15,17,21H,2,4-5,7,9-11,13-14H2,1H3,(H,22,24). The number of nitrogens with zero attached hydrogens (tertiary/aromatic N) is 1. The molecule has 2 amide bonds. The Morgan fingerprint density at radius 3 is 2.71 bits per heavy atom. The zero-order chi connectivity index (χ0) is 20.1. The fourth-order valence-electron chi connectivity index (χ4n) is 3.42. The minimum absolute atomic E-state index is 0.0108. The van der Waals surface area contributed by atoms with Crippen LogP contribution in [-0.2, 0) is 14.8 Å². The maximum atomic E-state index is 12.9. The van der Waals surface area contributed by atoms with Gasteiger partial charge in [0.1, 0.15) is 0 Å². The Labute approximate surface area is 166 Å². The molecule has 1 saturated heterocycles. The quantitative estimate of drug-likeness (QED) is 0.688. The molecule has 0 bridgehead atoms. The summed E-state index contributed by atoms with van der Waals surface area (Å²) in [7, 11) is -3.61. The highest BCUT2D eigenvalue weighted by Crippen LogP contribution is 2.28. The molecule has 1 atom stereocenters. The van der Waals surface area contributed by atoms with E-state index in [1.807, 2.05) is 6.92 Å². The molecular weight excluding hydrogens is 378 g/mol. The summed E-state index contributed by atoms with van der Waals surface area (Å²) in [5.41, 5.74) is 0.356. The van der Waals surface area contributed by atoms with Crippen molar-refractivity contribution in [2.45, 2.75) is 56.4 Å². The highest BCUT2D eigenvalue weighted by Gasteiger charge is 2.27. The molecule has 1 saturated carbocycles. The van der Waals surface area contributed by atoms with Crippen LogP contribution in [0, 0.1) is 5.92 Å². The minimum Gasteiger partial charge on any atom is -0.352 e. The lowest BCUT2D eigenvalue weighted by atomic mass is 10.0. The van der Waals surface area contributed by atoms with Gasteiger partial charge in [-0.15, -0.1) is 0 Å². The second kappa shape index (κ2) is 9.05. The Bertz CT molecular complexity index is 820. The summed E-state index contributed by atoms with van der Waals surface area (Å²) in [5.74, 6) is 0.248. The van der Waals surface area contributed by atoms with Crippen molar-refractivity contribution in [2.75, 3.05) is 19.6 Å². The largest absolute Gasteiger partial charge is 0.352 e. The SMILES string of the molecule is CCCC(=O)NC1CCCN(C(=O)c2cccc(S(=O)(=O)NCC3CC3)c2)C1. The molecule has 0 spiro atoms. The van der Waals surface area contributed by atoms with Gasteiger partial charge in [0.15, 0.2) is 0 Å². The van der Waals surface area contributed by atoms with E-state index in [0.717, 1.165) is 32.1 Å². The molecule has 1 aliphatic carbocycles. The van der Waals surface area contributed by atoms with Crippen LogP contribution < -0.4 is 10.0 Å². The zero-order valence-corrected chi connectivity index (χ0v) is 17.1. The summed E-state index contributed by atoms with van der Waals surface area (Å²) in [6, 6.07) is 6.14. The van der Waals surface area contributed by atoms with Gasteiger partial charge in [0.2, 0.25) is 15.9 Å². The van der Waals surface area contributed by atoms with Crippen LogP contribution in [0.5, 0.6) is 0 Å². The highest BCUT2D eigenvalue weighted by atomic mass is 32.2. The lowest BCUT2D eigenvalue weighted by Gasteiger charge is -2.33. The van der Waals surface area contributed by atoms with Gasteiger partial charge >= 0.3 is 0 Å². The molecule has 2 fully saturated rings. The van der Waals surface area contributed by atoms with Crippen molar-refractivity contribution in [3.05, 3.63) is 29.8 Å². The maximum Gasteiger partial charge on any atom is 0.253 e. The highest BCUT2D eigenvalue weighted by molar-refractivity contribution is 7.89. The third-order valence-electron chi connectivity index (χ3n) is 5.20. The first-order valence-electron chi connectivity index (χ1n) is 10.1. The Morgan fingerprint density at radius 2 is 2.00 bits per heavy atom. The molecule has 3 rings (SSSR count). The molecular formula is C20H29N3O4S. The molecule has 0 aromatic heterocycles. The number of hydrogen-bond acceptors (Lipinski definition) is 4. The van der Waals surface area contributed by atoms with Crippen molar-refractivity contribution in [1.82, 2.24) is 14.9 Å². The van der Waals surface area contributed by atoms with E-state index < -0.39 is 10.0 Å². The van der Waals surface area contributed by atoms with E-state index in [0.29, 0.717) is 37.5 Å². The van der Waals surface area contributed by atoms with Gasteiger partial charge in [-0.25, -0.2) is 13.1 Å². The second-order valence-corrected chi connectivity index (χ2v) is 9.50. The first-order chi connectivity index (χ1) is 13.4. The first kappa shape index (κ1) is 20.8. The third kappa shape index (κ3) is 5.54. The Kier molecular flexibility index (Phi) is 6.72. The molecule has 1 heterocycles. The van der Waals surface area contributed by atoms with E-state index >= 15 is 0 Å². The summed E-state index contributed by atoms with van der Waals surface area (Å²) in [6.07, 6.45) is 5.05. The molecule has 1 unspecified atom stereocenters. The van der Waals surface area contributed by atoms with Crippen LogP contribution in [0.2, 0.25) is 0 Å². The van der Waals surface area contributed by atoms with Crippen molar-refractivity contribution in [3.8, 4) is 0 Å². The third-order valence-corrected chi connectivity index (χ3v) is 6.62. The monoisotopic (exact) mass is 407 g/mol. The van der Waals surface area contributed by atoms with Gasteiger partial charge in [0.25, 0.3) is 5.91 Å². The molecule has 1 aromatic rings. The summed E-state index contributed by atoms with van der Waals surface area (Å²) in [6.45, 7) is 3.46. The van der Waals surface area contributed by atoms with Crippen LogP contribution in [0.4, 0.5) is 0 Å². The number of sulfonamides is 1. The number of benzene rings is 1. The Hall–Kier alpha value is -1.93. The zero-order valence-electron chi connectivity index (χ0n) is 16.3. The smallest absolute Gasteiger partial charge is 0.253 e. The Balaban J connectivity index is 1.65. The minimum atomic E-state index is -3.61. The number of rotatable bonds is 8. The van der Waals surface area contributed by atoms with Gasteiger partial charge in [0, 0.05) is 37.7 Å². The van der Waals surface area contributed by atoms with Crippen LogP contribution in [0.1, 0.15) is 55.8 Å². The number of hydrogen-bond donors (Lipinski definition) is 2. The molecule has 1 aliphatic heterocycles. The van der Waals surface area contributed by atoms with Crippen LogP contribution in [-0.4, -0.2) is 50.8 Å². The topological polar surface area (TPSA) is 95.6 Å². The summed E-state index contributed by atoms with van der Waals surface area (Å²) in [5, 5.41) is 2.99. The average molecular weight is 408 g/mol. The molecule has 2 aliphatic rings. The fourth-order valence-corrected chi connectivity index (χ4v) is 4.58. The van der Waals surface area contributed by atoms with E-state index in [9.17, 15) is 18.0 Å². The van der Waals surface area contributed by atoms with Gasteiger partial charge in [-0.2, -0.15) is 0 Å². The predicted octanol–water partition coefficient (Wildman–Crippen LogP) is 1.90. The molecule has 28 heavy (non-hydrogen) atoms. The van der Waals surface area contributed by atoms with E-state index in [-0.39, 0.29) is 22.8 Å². The second-order valence-electron chi connectivity index (χ2n) is 7.73. The summed E-state index contributed by atoms with van der Waals surface area (Å²) < 4.78 is 27.6. The predicted molar refractivity (Wildman–Crippen MR) is 106 cm³/mol. The number of amides is 2. The van der Waals surface area contributed by atoms with Gasteiger partial charge in [-0.1, -0.05) is 13.0 Å². The van der Waals surface area contributed by atoms with Crippen LogP contribution >= 0.6 is 0 Å². The van der Waals surface area contributed by atoms with Crippen molar-refractivity contribution in [1.29, 1.82) is 0 Å². The van der Waals surface area contributed by atoms with E-state index in [1.54, 1.807) is 17.0 Å². The number of piperidine rings is 1. The molecule has 7 nitrogen and oxygen atoms in total. The van der Waals surface area contributed by atoms with Gasteiger partial charge in [-0.05, 0) is 56.2 Å². The average Bonchev–Trinajstić information content (AvgIpc) is 3.51. The van der Waals surface area contributed by atoms with Crippen molar-refractivity contribution >= 4 is 21.8 Å². The maximum absolute atomic E-state index is 12.9. The van der Waals surface area contributed by atoms with Gasteiger partial charge in [-0.3, -0.25) is 9.59 Å². The molecule has 2 N–H and O–H groups in total. The van der Waals surface area contributed by atoms with Gasteiger partial charge < -0.3 is 10.2 Å². The first-order valence-corrected chi connectivity index (χ1v) is 11.6. The van der Waals surface area contributed by atoms with Crippen molar-refractivity contribution < 1.29 is 18.0 Å².